The second kappa shape index (κ2) is 7.81. The molecule has 0 spiro atoms. The number of halogens is 1. The van der Waals surface area contributed by atoms with Crippen LogP contribution in [-0.4, -0.2) is 27.5 Å². The number of anilines is 2. The van der Waals surface area contributed by atoms with Gasteiger partial charge in [0.15, 0.2) is 0 Å². The number of nitrogens with zero attached hydrogens (tertiary/aromatic N) is 3. The standard InChI is InChI=1S/C18H24ClN5/c1-13-6-4-5-9-24(13)12-15-8-3-2-7-14(15)11-21-17-10-16(19)22-18(20)23-17/h2-3,7-8,10,13H,4-6,9,11-12H2,1H3,(H3,20,21,22,23). The lowest BCUT2D eigenvalue weighted by atomic mass is 10.0. The van der Waals surface area contributed by atoms with E-state index >= 15 is 0 Å². The van der Waals surface area contributed by atoms with Gasteiger partial charge in [0.05, 0.1) is 0 Å². The van der Waals surface area contributed by atoms with Crippen LogP contribution in [0.2, 0.25) is 5.15 Å². The SMILES string of the molecule is CC1CCCCN1Cc1ccccc1CNc1cc(Cl)nc(N)n1. The molecule has 1 fully saturated rings. The van der Waals surface area contributed by atoms with Crippen LogP contribution in [0.4, 0.5) is 11.8 Å². The van der Waals surface area contributed by atoms with Crippen LogP contribution in [0.15, 0.2) is 30.3 Å². The van der Waals surface area contributed by atoms with Gasteiger partial charge in [0, 0.05) is 25.2 Å². The third-order valence-corrected chi connectivity index (χ3v) is 4.80. The molecular formula is C18H24ClN5. The average Bonchev–Trinajstić information content (AvgIpc) is 2.55. The highest BCUT2D eigenvalue weighted by Crippen LogP contribution is 2.21. The summed E-state index contributed by atoms with van der Waals surface area (Å²) in [5, 5.41) is 3.65. The number of nitrogens with one attached hydrogen (secondary N) is 1. The van der Waals surface area contributed by atoms with Crippen LogP contribution in [0.3, 0.4) is 0 Å². The van der Waals surface area contributed by atoms with E-state index in [9.17, 15) is 0 Å². The van der Waals surface area contributed by atoms with Crippen LogP contribution < -0.4 is 11.1 Å². The summed E-state index contributed by atoms with van der Waals surface area (Å²) in [6.45, 7) is 5.18. The molecular weight excluding hydrogens is 322 g/mol. The van der Waals surface area contributed by atoms with Gasteiger partial charge in [-0.15, -0.1) is 0 Å². The molecule has 1 aliphatic heterocycles. The summed E-state index contributed by atoms with van der Waals surface area (Å²) in [5.41, 5.74) is 8.26. The Morgan fingerprint density at radius 1 is 1.25 bits per heavy atom. The summed E-state index contributed by atoms with van der Waals surface area (Å²) in [7, 11) is 0. The maximum Gasteiger partial charge on any atom is 0.223 e. The fourth-order valence-electron chi connectivity index (χ4n) is 3.21. The molecule has 6 heteroatoms. The Bertz CT molecular complexity index is 671. The van der Waals surface area contributed by atoms with E-state index in [4.69, 9.17) is 17.3 Å². The number of piperidine rings is 1. The second-order valence-electron chi connectivity index (χ2n) is 6.37. The number of likely N-dealkylation sites (tertiary alicyclic amines) is 1. The van der Waals surface area contributed by atoms with Gasteiger partial charge < -0.3 is 11.1 Å². The highest BCUT2D eigenvalue weighted by atomic mass is 35.5. The Kier molecular flexibility index (Phi) is 5.53. The lowest BCUT2D eigenvalue weighted by Crippen LogP contribution is -2.37. The van der Waals surface area contributed by atoms with Crippen molar-refractivity contribution in [1.29, 1.82) is 0 Å². The lowest BCUT2D eigenvalue weighted by molar-refractivity contribution is 0.152. The quantitative estimate of drug-likeness (QED) is 0.809. The molecule has 128 valence electrons. The zero-order chi connectivity index (χ0) is 16.9. The van der Waals surface area contributed by atoms with Gasteiger partial charge in [-0.05, 0) is 37.4 Å². The zero-order valence-corrected chi connectivity index (χ0v) is 14.8. The van der Waals surface area contributed by atoms with Crippen molar-refractivity contribution in [2.45, 2.75) is 45.3 Å². The molecule has 0 saturated carbocycles. The first-order valence-corrected chi connectivity index (χ1v) is 8.84. The number of hydrogen-bond acceptors (Lipinski definition) is 5. The molecule has 2 heterocycles. The van der Waals surface area contributed by atoms with Crippen LogP contribution in [0.25, 0.3) is 0 Å². The summed E-state index contributed by atoms with van der Waals surface area (Å²) < 4.78 is 0. The molecule has 1 unspecified atom stereocenters. The fraction of sp³-hybridized carbons (Fsp3) is 0.444. The van der Waals surface area contributed by atoms with Crippen molar-refractivity contribution in [2.75, 3.05) is 17.6 Å². The molecule has 0 radical (unpaired) electrons. The third kappa shape index (κ3) is 4.36. The average molecular weight is 346 g/mol. The molecule has 1 saturated heterocycles. The van der Waals surface area contributed by atoms with E-state index in [-0.39, 0.29) is 5.95 Å². The van der Waals surface area contributed by atoms with Crippen LogP contribution in [0.5, 0.6) is 0 Å². The molecule has 5 nitrogen and oxygen atoms in total. The molecule has 1 aromatic heterocycles. The van der Waals surface area contributed by atoms with E-state index in [0.717, 1.165) is 6.54 Å². The van der Waals surface area contributed by atoms with E-state index in [1.165, 1.54) is 36.9 Å². The molecule has 1 aromatic carbocycles. The van der Waals surface area contributed by atoms with E-state index in [1.54, 1.807) is 6.07 Å². The summed E-state index contributed by atoms with van der Waals surface area (Å²) in [6, 6.07) is 10.9. The summed E-state index contributed by atoms with van der Waals surface area (Å²) in [5.74, 6) is 0.828. The number of nitrogen functional groups attached to an aromatic ring is 1. The number of benzene rings is 1. The fourth-order valence-corrected chi connectivity index (χ4v) is 3.40. The van der Waals surface area contributed by atoms with Gasteiger partial charge in [-0.2, -0.15) is 4.98 Å². The van der Waals surface area contributed by atoms with Gasteiger partial charge in [0.1, 0.15) is 11.0 Å². The topological polar surface area (TPSA) is 67.1 Å². The van der Waals surface area contributed by atoms with Crippen molar-refractivity contribution in [3.8, 4) is 0 Å². The Labute approximate surface area is 148 Å². The zero-order valence-electron chi connectivity index (χ0n) is 14.0. The Morgan fingerprint density at radius 2 is 2.04 bits per heavy atom. The molecule has 0 bridgehead atoms. The van der Waals surface area contributed by atoms with Crippen molar-refractivity contribution in [2.24, 2.45) is 0 Å². The van der Waals surface area contributed by atoms with Gasteiger partial charge >= 0.3 is 0 Å². The highest BCUT2D eigenvalue weighted by molar-refractivity contribution is 6.29. The molecule has 24 heavy (non-hydrogen) atoms. The lowest BCUT2D eigenvalue weighted by Gasteiger charge is -2.33. The molecule has 3 N–H and O–H groups in total. The third-order valence-electron chi connectivity index (χ3n) is 4.60. The van der Waals surface area contributed by atoms with Gasteiger partial charge in [-0.25, -0.2) is 4.98 Å². The Morgan fingerprint density at radius 3 is 2.79 bits per heavy atom. The van der Waals surface area contributed by atoms with Gasteiger partial charge in [-0.1, -0.05) is 42.3 Å². The molecule has 0 amide bonds. The Balaban J connectivity index is 1.69. The van der Waals surface area contributed by atoms with Crippen molar-refractivity contribution < 1.29 is 0 Å². The van der Waals surface area contributed by atoms with Crippen molar-refractivity contribution in [3.63, 3.8) is 0 Å². The number of nitrogens with two attached hydrogens (primary N) is 1. The number of rotatable bonds is 5. The minimum absolute atomic E-state index is 0.181. The van der Waals surface area contributed by atoms with Crippen molar-refractivity contribution in [3.05, 3.63) is 46.6 Å². The first kappa shape index (κ1) is 17.0. The summed E-state index contributed by atoms with van der Waals surface area (Å²) in [6.07, 6.45) is 3.93. The maximum atomic E-state index is 5.93. The van der Waals surface area contributed by atoms with Crippen molar-refractivity contribution in [1.82, 2.24) is 14.9 Å². The van der Waals surface area contributed by atoms with Crippen LogP contribution >= 0.6 is 11.6 Å². The first-order valence-electron chi connectivity index (χ1n) is 8.46. The molecule has 1 atom stereocenters. The summed E-state index contributed by atoms with van der Waals surface area (Å²) in [4.78, 5) is 10.6. The van der Waals surface area contributed by atoms with Gasteiger partial charge in [0.25, 0.3) is 0 Å². The minimum atomic E-state index is 0.181. The normalized spacial score (nSPS) is 18.5. The monoisotopic (exact) mass is 345 g/mol. The van der Waals surface area contributed by atoms with E-state index in [1.807, 2.05) is 0 Å². The summed E-state index contributed by atoms with van der Waals surface area (Å²) >= 11 is 5.93. The van der Waals surface area contributed by atoms with Crippen LogP contribution in [-0.2, 0) is 13.1 Å². The van der Waals surface area contributed by atoms with E-state index in [0.29, 0.717) is 23.6 Å². The number of hydrogen-bond donors (Lipinski definition) is 2. The van der Waals surface area contributed by atoms with Gasteiger partial charge in [-0.3, -0.25) is 4.90 Å². The predicted octanol–water partition coefficient (Wildman–Crippen LogP) is 3.70. The van der Waals surface area contributed by atoms with Crippen LogP contribution in [0, 0.1) is 0 Å². The molecule has 1 aliphatic rings. The van der Waals surface area contributed by atoms with Gasteiger partial charge in [0.2, 0.25) is 5.95 Å². The Hall–Kier alpha value is -1.85. The predicted molar refractivity (Wildman–Crippen MR) is 98.9 cm³/mol. The number of aromatic nitrogens is 2. The van der Waals surface area contributed by atoms with E-state index in [2.05, 4.69) is 51.4 Å². The van der Waals surface area contributed by atoms with Crippen molar-refractivity contribution >= 4 is 23.4 Å². The smallest absolute Gasteiger partial charge is 0.223 e. The molecule has 0 aliphatic carbocycles. The second-order valence-corrected chi connectivity index (χ2v) is 6.76. The minimum Gasteiger partial charge on any atom is -0.368 e. The molecule has 3 rings (SSSR count). The maximum absolute atomic E-state index is 5.93. The largest absolute Gasteiger partial charge is 0.368 e. The molecule has 2 aromatic rings. The first-order chi connectivity index (χ1) is 11.6. The highest BCUT2D eigenvalue weighted by Gasteiger charge is 2.19. The van der Waals surface area contributed by atoms with Crippen LogP contribution in [0.1, 0.15) is 37.3 Å². The van der Waals surface area contributed by atoms with E-state index < -0.39 is 0 Å².